The van der Waals surface area contributed by atoms with E-state index in [1.807, 2.05) is 0 Å². The maximum absolute atomic E-state index is 12.7. The summed E-state index contributed by atoms with van der Waals surface area (Å²) in [5, 5.41) is 0. The molecule has 0 radical (unpaired) electrons. The number of aliphatic imine (C=N–C) groups is 1. The quantitative estimate of drug-likeness (QED) is 0.725. The summed E-state index contributed by atoms with van der Waals surface area (Å²) in [7, 11) is 1.45. The van der Waals surface area contributed by atoms with Crippen molar-refractivity contribution < 1.29 is 17.9 Å². The van der Waals surface area contributed by atoms with Crippen LogP contribution in [0.4, 0.5) is 13.2 Å². The smallest absolute Gasteiger partial charge is 0.433 e. The number of hydrogen-bond acceptors (Lipinski definition) is 2. The molecule has 86 valence electrons. The number of rotatable bonds is 1. The molecule has 0 amide bonds. The summed E-state index contributed by atoms with van der Waals surface area (Å²) in [5.41, 5.74) is -0.0712. The first-order valence-electron chi connectivity index (χ1n) is 4.82. The van der Waals surface area contributed by atoms with Gasteiger partial charge in [0.05, 0.1) is 7.11 Å². The molecule has 0 unspecified atom stereocenters. The van der Waals surface area contributed by atoms with Crippen LogP contribution in [0.3, 0.4) is 0 Å². The van der Waals surface area contributed by atoms with Gasteiger partial charge in [0, 0.05) is 17.7 Å². The van der Waals surface area contributed by atoms with Crippen molar-refractivity contribution in [3.05, 3.63) is 29.3 Å². The van der Waals surface area contributed by atoms with Crippen molar-refractivity contribution >= 4 is 5.71 Å². The van der Waals surface area contributed by atoms with Crippen molar-refractivity contribution in [1.29, 1.82) is 0 Å². The Balaban J connectivity index is 2.55. The highest BCUT2D eigenvalue weighted by Gasteiger charge is 2.39. The largest absolute Gasteiger partial charge is 0.496 e. The second-order valence-corrected chi connectivity index (χ2v) is 3.46. The van der Waals surface area contributed by atoms with Crippen molar-refractivity contribution in [2.24, 2.45) is 4.99 Å². The maximum Gasteiger partial charge on any atom is 0.433 e. The third kappa shape index (κ3) is 1.77. The molecule has 0 saturated carbocycles. The molecule has 0 N–H and O–H groups in total. The summed E-state index contributed by atoms with van der Waals surface area (Å²) in [6, 6.07) is 4.64. The van der Waals surface area contributed by atoms with Crippen LogP contribution in [-0.4, -0.2) is 25.5 Å². The lowest BCUT2D eigenvalue weighted by molar-refractivity contribution is -0.0584. The highest BCUT2D eigenvalue weighted by Crippen LogP contribution is 2.32. The summed E-state index contributed by atoms with van der Waals surface area (Å²) >= 11 is 0. The predicted molar refractivity (Wildman–Crippen MR) is 54.2 cm³/mol. The van der Waals surface area contributed by atoms with E-state index in [9.17, 15) is 13.2 Å². The van der Waals surface area contributed by atoms with Gasteiger partial charge in [0.15, 0.2) is 0 Å². The first-order valence-corrected chi connectivity index (χ1v) is 4.82. The number of ether oxygens (including phenoxy) is 1. The Morgan fingerprint density at radius 2 is 2.06 bits per heavy atom. The molecule has 0 aliphatic carbocycles. The summed E-state index contributed by atoms with van der Waals surface area (Å²) < 4.78 is 43.1. The molecule has 0 saturated heterocycles. The number of benzene rings is 1. The Kier molecular flexibility index (Phi) is 2.61. The summed E-state index contributed by atoms with van der Waals surface area (Å²) in [6.45, 7) is 0.155. The average Bonchev–Trinajstić information content (AvgIpc) is 2.26. The molecule has 0 fully saturated rings. The Morgan fingerprint density at radius 3 is 2.69 bits per heavy atom. The third-order valence-electron chi connectivity index (χ3n) is 2.51. The van der Waals surface area contributed by atoms with E-state index in [1.54, 1.807) is 12.1 Å². The lowest BCUT2D eigenvalue weighted by Crippen LogP contribution is -2.28. The van der Waals surface area contributed by atoms with E-state index in [0.717, 1.165) is 0 Å². The molecule has 0 aromatic heterocycles. The van der Waals surface area contributed by atoms with Crippen LogP contribution in [0.5, 0.6) is 5.75 Å². The average molecular weight is 229 g/mol. The van der Waals surface area contributed by atoms with Crippen molar-refractivity contribution in [3.8, 4) is 5.75 Å². The first kappa shape index (κ1) is 11.0. The Morgan fingerprint density at radius 1 is 1.31 bits per heavy atom. The zero-order valence-corrected chi connectivity index (χ0v) is 8.64. The standard InChI is InChI=1S/C11H10F3NO/c1-16-9-4-2-3-8-7(9)5-6-15-10(8)11(12,13)14/h2-4H,5-6H2,1H3. The summed E-state index contributed by atoms with van der Waals surface area (Å²) in [4.78, 5) is 3.55. The molecule has 1 aromatic rings. The molecule has 1 heterocycles. The fourth-order valence-electron chi connectivity index (χ4n) is 1.84. The molecule has 16 heavy (non-hydrogen) atoms. The molecule has 0 spiro atoms. The summed E-state index contributed by atoms with van der Waals surface area (Å²) in [5.74, 6) is 0.495. The highest BCUT2D eigenvalue weighted by molar-refractivity contribution is 6.06. The van der Waals surface area contributed by atoms with E-state index in [0.29, 0.717) is 17.7 Å². The molecular formula is C11H10F3NO. The Labute approximate surface area is 90.8 Å². The van der Waals surface area contributed by atoms with E-state index < -0.39 is 11.9 Å². The topological polar surface area (TPSA) is 21.6 Å². The fourth-order valence-corrected chi connectivity index (χ4v) is 1.84. The van der Waals surface area contributed by atoms with Crippen LogP contribution < -0.4 is 4.74 Å². The lowest BCUT2D eigenvalue weighted by atomic mass is 9.96. The van der Waals surface area contributed by atoms with Crippen LogP contribution in [0.25, 0.3) is 0 Å². The minimum atomic E-state index is -4.40. The molecule has 1 aliphatic rings. The van der Waals surface area contributed by atoms with Gasteiger partial charge in [-0.2, -0.15) is 13.2 Å². The van der Waals surface area contributed by atoms with Crippen LogP contribution in [0.15, 0.2) is 23.2 Å². The van der Waals surface area contributed by atoms with Gasteiger partial charge in [-0.05, 0) is 12.5 Å². The normalized spacial score (nSPS) is 15.4. The van der Waals surface area contributed by atoms with E-state index in [1.165, 1.54) is 13.2 Å². The van der Waals surface area contributed by atoms with Crippen LogP contribution in [-0.2, 0) is 6.42 Å². The van der Waals surface area contributed by atoms with Crippen molar-refractivity contribution in [1.82, 2.24) is 0 Å². The van der Waals surface area contributed by atoms with Gasteiger partial charge in [-0.25, -0.2) is 0 Å². The van der Waals surface area contributed by atoms with Crippen LogP contribution >= 0.6 is 0 Å². The minimum absolute atomic E-state index is 0.137. The van der Waals surface area contributed by atoms with Gasteiger partial charge in [0.2, 0.25) is 0 Å². The Hall–Kier alpha value is -1.52. The zero-order valence-electron chi connectivity index (χ0n) is 8.64. The number of nitrogens with zero attached hydrogens (tertiary/aromatic N) is 1. The van der Waals surface area contributed by atoms with Crippen molar-refractivity contribution in [3.63, 3.8) is 0 Å². The zero-order chi connectivity index (χ0) is 11.8. The van der Waals surface area contributed by atoms with Crippen molar-refractivity contribution in [2.45, 2.75) is 12.6 Å². The van der Waals surface area contributed by atoms with Gasteiger partial charge >= 0.3 is 6.18 Å². The van der Waals surface area contributed by atoms with Gasteiger partial charge in [-0.15, -0.1) is 0 Å². The van der Waals surface area contributed by atoms with E-state index in [4.69, 9.17) is 4.74 Å². The monoisotopic (exact) mass is 229 g/mol. The molecule has 1 aliphatic heterocycles. The summed E-state index contributed by atoms with van der Waals surface area (Å²) in [6.07, 6.45) is -3.92. The van der Waals surface area contributed by atoms with Gasteiger partial charge in [-0.1, -0.05) is 12.1 Å². The molecule has 1 aromatic carbocycles. The molecule has 2 nitrogen and oxygen atoms in total. The lowest BCUT2D eigenvalue weighted by Gasteiger charge is -2.20. The van der Waals surface area contributed by atoms with Crippen LogP contribution in [0.1, 0.15) is 11.1 Å². The maximum atomic E-state index is 12.7. The molecule has 0 atom stereocenters. The number of fused-ring (bicyclic) bond motifs is 1. The minimum Gasteiger partial charge on any atom is -0.496 e. The molecule has 2 rings (SSSR count). The van der Waals surface area contributed by atoms with Crippen molar-refractivity contribution in [2.75, 3.05) is 13.7 Å². The number of halogens is 3. The first-order chi connectivity index (χ1) is 7.54. The SMILES string of the molecule is COc1cccc2c1CCN=C2C(F)(F)F. The number of hydrogen-bond donors (Lipinski definition) is 0. The second kappa shape index (κ2) is 3.81. The predicted octanol–water partition coefficient (Wildman–Crippen LogP) is 2.60. The second-order valence-electron chi connectivity index (χ2n) is 3.46. The molecule has 5 heteroatoms. The third-order valence-corrected chi connectivity index (χ3v) is 2.51. The van der Waals surface area contributed by atoms with Gasteiger partial charge in [0.1, 0.15) is 11.5 Å². The molecule has 0 bridgehead atoms. The number of methoxy groups -OCH3 is 1. The Bertz CT molecular complexity index is 437. The van der Waals surface area contributed by atoms with Crippen LogP contribution in [0.2, 0.25) is 0 Å². The van der Waals surface area contributed by atoms with Gasteiger partial charge in [-0.3, -0.25) is 4.99 Å². The van der Waals surface area contributed by atoms with Crippen LogP contribution in [0, 0.1) is 0 Å². The van der Waals surface area contributed by atoms with E-state index >= 15 is 0 Å². The van der Waals surface area contributed by atoms with Gasteiger partial charge < -0.3 is 4.74 Å². The molecular weight excluding hydrogens is 219 g/mol. The van der Waals surface area contributed by atoms with Gasteiger partial charge in [0.25, 0.3) is 0 Å². The van der Waals surface area contributed by atoms with E-state index in [2.05, 4.69) is 4.99 Å². The highest BCUT2D eigenvalue weighted by atomic mass is 19.4. The van der Waals surface area contributed by atoms with E-state index in [-0.39, 0.29) is 12.1 Å². The fraction of sp³-hybridized carbons (Fsp3) is 0.364. The number of alkyl halides is 3.